The highest BCUT2D eigenvalue weighted by Gasteiger charge is 2.36. The van der Waals surface area contributed by atoms with Gasteiger partial charge < -0.3 is 4.90 Å². The molecule has 0 aliphatic carbocycles. The van der Waals surface area contributed by atoms with Crippen molar-refractivity contribution in [1.82, 2.24) is 9.21 Å². The van der Waals surface area contributed by atoms with Crippen LogP contribution in [0.5, 0.6) is 0 Å². The Balaban J connectivity index is 1.73. The molecule has 0 aromatic heterocycles. The summed E-state index contributed by atoms with van der Waals surface area (Å²) in [4.78, 5) is 13.3. The fourth-order valence-electron chi connectivity index (χ4n) is 3.18. The lowest BCUT2D eigenvalue weighted by Crippen LogP contribution is -2.50. The van der Waals surface area contributed by atoms with Crippen LogP contribution in [-0.4, -0.2) is 49.7 Å². The van der Waals surface area contributed by atoms with Crippen LogP contribution in [0, 0.1) is 0 Å². The average Bonchev–Trinajstić information content (AvgIpc) is 2.72. The monoisotopic (exact) mass is 500 g/mol. The summed E-state index contributed by atoms with van der Waals surface area (Å²) in [6.07, 6.45) is -9.36. The maximum Gasteiger partial charge on any atom is 0.417 e. The van der Waals surface area contributed by atoms with Gasteiger partial charge in [0.1, 0.15) is 0 Å². The number of piperazine rings is 1. The minimum atomic E-state index is -4.74. The molecule has 1 heterocycles. The van der Waals surface area contributed by atoms with Gasteiger partial charge in [0.05, 0.1) is 21.0 Å². The third-order valence-corrected chi connectivity index (χ3v) is 7.05. The van der Waals surface area contributed by atoms with Gasteiger partial charge >= 0.3 is 12.4 Å². The largest absolute Gasteiger partial charge is 0.417 e. The summed E-state index contributed by atoms with van der Waals surface area (Å²) in [5.41, 5.74) is -2.34. The van der Waals surface area contributed by atoms with E-state index in [0.717, 1.165) is 28.6 Å². The maximum absolute atomic E-state index is 12.9. The maximum atomic E-state index is 12.9. The third kappa shape index (κ3) is 5.02. The molecule has 1 aliphatic rings. The molecule has 0 atom stereocenters. The van der Waals surface area contributed by atoms with E-state index in [-0.39, 0.29) is 31.7 Å². The molecule has 0 spiro atoms. The molecule has 3 rings (SSSR count). The predicted octanol–water partition coefficient (Wildman–Crippen LogP) is 4.52. The van der Waals surface area contributed by atoms with Crippen LogP contribution in [0.1, 0.15) is 21.5 Å². The molecule has 0 saturated carbocycles. The van der Waals surface area contributed by atoms with Crippen LogP contribution < -0.4 is 0 Å². The van der Waals surface area contributed by atoms with E-state index >= 15 is 0 Å². The van der Waals surface area contributed by atoms with Crippen LogP contribution >= 0.6 is 11.6 Å². The second-order valence-electron chi connectivity index (χ2n) is 6.91. The van der Waals surface area contributed by atoms with Crippen molar-refractivity contribution in [3.05, 3.63) is 64.2 Å². The van der Waals surface area contributed by atoms with E-state index in [1.807, 2.05) is 0 Å². The van der Waals surface area contributed by atoms with Crippen molar-refractivity contribution in [3.8, 4) is 0 Å². The van der Waals surface area contributed by atoms with Crippen molar-refractivity contribution in [2.45, 2.75) is 17.2 Å². The lowest BCUT2D eigenvalue weighted by molar-refractivity contribution is -0.138. The van der Waals surface area contributed by atoms with E-state index in [4.69, 9.17) is 11.6 Å². The van der Waals surface area contributed by atoms with Gasteiger partial charge in [-0.15, -0.1) is 0 Å². The average molecular weight is 501 g/mol. The minimum absolute atomic E-state index is 0.108. The Kier molecular flexibility index (Phi) is 6.51. The first-order valence-electron chi connectivity index (χ1n) is 9.04. The number of hydrogen-bond acceptors (Lipinski definition) is 3. The van der Waals surface area contributed by atoms with Gasteiger partial charge in [0.15, 0.2) is 0 Å². The zero-order valence-corrected chi connectivity index (χ0v) is 17.6. The van der Waals surface area contributed by atoms with Crippen molar-refractivity contribution < 1.29 is 39.6 Å². The van der Waals surface area contributed by atoms with Crippen molar-refractivity contribution in [2.75, 3.05) is 26.2 Å². The van der Waals surface area contributed by atoms with Crippen LogP contribution in [0.4, 0.5) is 26.3 Å². The van der Waals surface area contributed by atoms with Crippen molar-refractivity contribution in [2.24, 2.45) is 0 Å². The first-order valence-corrected chi connectivity index (χ1v) is 10.9. The summed E-state index contributed by atoms with van der Waals surface area (Å²) in [5, 5.41) is -0.767. The molecular weight excluding hydrogens is 486 g/mol. The quantitative estimate of drug-likeness (QED) is 0.582. The molecule has 0 radical (unpaired) electrons. The Morgan fingerprint density at radius 2 is 1.50 bits per heavy atom. The molecular formula is C19H15ClF6N2O3S. The number of halogens is 7. The lowest BCUT2D eigenvalue weighted by Gasteiger charge is -2.34. The van der Waals surface area contributed by atoms with Crippen molar-refractivity contribution >= 4 is 27.5 Å². The number of amides is 1. The number of benzene rings is 2. The molecule has 0 unspecified atom stereocenters. The molecule has 2 aromatic rings. The number of sulfonamides is 1. The number of carbonyl (C=O) groups is 1. The second-order valence-corrected chi connectivity index (χ2v) is 9.26. The minimum Gasteiger partial charge on any atom is -0.336 e. The highest BCUT2D eigenvalue weighted by Crippen LogP contribution is 2.36. The zero-order chi connectivity index (χ0) is 23.9. The highest BCUT2D eigenvalue weighted by atomic mass is 35.5. The molecule has 1 amide bonds. The molecule has 13 heteroatoms. The molecule has 174 valence electrons. The Hall–Kier alpha value is -2.31. The van der Waals surface area contributed by atoms with Crippen LogP contribution in [0.3, 0.4) is 0 Å². The van der Waals surface area contributed by atoms with Gasteiger partial charge in [0, 0.05) is 31.7 Å². The van der Waals surface area contributed by atoms with Gasteiger partial charge in [0.25, 0.3) is 5.91 Å². The van der Waals surface area contributed by atoms with E-state index in [1.165, 1.54) is 11.0 Å². The molecule has 0 bridgehead atoms. The van der Waals surface area contributed by atoms with Gasteiger partial charge in [-0.3, -0.25) is 4.79 Å². The van der Waals surface area contributed by atoms with Crippen LogP contribution in [-0.2, 0) is 22.4 Å². The smallest absolute Gasteiger partial charge is 0.336 e. The molecule has 5 nitrogen and oxygen atoms in total. The van der Waals surface area contributed by atoms with Gasteiger partial charge in [-0.2, -0.15) is 30.6 Å². The fraction of sp³-hybridized carbons (Fsp3) is 0.316. The summed E-state index contributed by atoms with van der Waals surface area (Å²) in [6, 6.07) is 5.95. The second kappa shape index (κ2) is 8.56. The van der Waals surface area contributed by atoms with Gasteiger partial charge in [-0.1, -0.05) is 17.7 Å². The van der Waals surface area contributed by atoms with E-state index in [0.29, 0.717) is 12.1 Å². The normalized spacial score (nSPS) is 16.3. The van der Waals surface area contributed by atoms with Gasteiger partial charge in [-0.05, 0) is 36.4 Å². The Labute approximate surface area is 184 Å². The van der Waals surface area contributed by atoms with Crippen LogP contribution in [0.2, 0.25) is 5.02 Å². The summed E-state index contributed by atoms with van der Waals surface area (Å²) in [6.45, 7) is -0.595. The molecule has 32 heavy (non-hydrogen) atoms. The predicted molar refractivity (Wildman–Crippen MR) is 103 cm³/mol. The Morgan fingerprint density at radius 3 is 2.03 bits per heavy atom. The highest BCUT2D eigenvalue weighted by molar-refractivity contribution is 7.89. The first kappa shape index (κ1) is 24.3. The van der Waals surface area contributed by atoms with E-state index in [2.05, 4.69) is 0 Å². The lowest BCUT2D eigenvalue weighted by atomic mass is 10.1. The summed E-state index contributed by atoms with van der Waals surface area (Å²) in [7, 11) is -4.19. The molecule has 0 N–H and O–H groups in total. The van der Waals surface area contributed by atoms with E-state index < -0.39 is 49.3 Å². The number of hydrogen-bond donors (Lipinski definition) is 0. The molecule has 1 fully saturated rings. The molecule has 2 aromatic carbocycles. The zero-order valence-electron chi connectivity index (χ0n) is 16.0. The van der Waals surface area contributed by atoms with Gasteiger partial charge in [-0.25, -0.2) is 8.42 Å². The number of carbonyl (C=O) groups excluding carboxylic acids is 1. The summed E-state index contributed by atoms with van der Waals surface area (Å²) in [5.74, 6) is -0.689. The SMILES string of the molecule is O=C(c1cccc(C(F)(F)F)c1)N1CCN(S(=O)(=O)c2ccc(C(F)(F)F)c(Cl)c2)CC1. The number of alkyl halides is 6. The number of nitrogens with zero attached hydrogens (tertiary/aromatic N) is 2. The molecule has 1 aliphatic heterocycles. The van der Waals surface area contributed by atoms with Crippen molar-refractivity contribution in [3.63, 3.8) is 0 Å². The molecule has 1 saturated heterocycles. The summed E-state index contributed by atoms with van der Waals surface area (Å²) >= 11 is 5.60. The summed E-state index contributed by atoms with van der Waals surface area (Å²) < 4.78 is 104. The standard InChI is InChI=1S/C19H15ClF6N2O3S/c20-16-11-14(4-5-15(16)19(24,25)26)32(30,31)28-8-6-27(7-9-28)17(29)12-2-1-3-13(10-12)18(21,22)23/h1-5,10-11H,6-9H2. The third-order valence-electron chi connectivity index (χ3n) is 4.85. The van der Waals surface area contributed by atoms with Crippen LogP contribution in [0.15, 0.2) is 47.4 Å². The van der Waals surface area contributed by atoms with Gasteiger partial charge in [0.2, 0.25) is 10.0 Å². The Bertz CT molecular complexity index is 1130. The van der Waals surface area contributed by atoms with Crippen LogP contribution in [0.25, 0.3) is 0 Å². The topological polar surface area (TPSA) is 57.7 Å². The van der Waals surface area contributed by atoms with E-state index in [1.54, 1.807) is 0 Å². The van der Waals surface area contributed by atoms with E-state index in [9.17, 15) is 39.6 Å². The first-order chi connectivity index (χ1) is 14.7. The van der Waals surface area contributed by atoms with Crippen molar-refractivity contribution in [1.29, 1.82) is 0 Å². The number of rotatable bonds is 3. The fourth-order valence-corrected chi connectivity index (χ4v) is 4.98. The Morgan fingerprint density at radius 1 is 0.875 bits per heavy atom.